The van der Waals surface area contributed by atoms with Crippen molar-refractivity contribution in [3.8, 4) is 0 Å². The quantitative estimate of drug-likeness (QED) is 0.782. The van der Waals surface area contributed by atoms with E-state index in [2.05, 4.69) is 26.3 Å². The summed E-state index contributed by atoms with van der Waals surface area (Å²) in [6, 6.07) is 0. The number of rotatable bonds is 6. The van der Waals surface area contributed by atoms with E-state index in [0.717, 1.165) is 4.68 Å². The highest BCUT2D eigenvalue weighted by atomic mass is 79.9. The van der Waals surface area contributed by atoms with Crippen LogP contribution >= 0.6 is 15.9 Å². The first-order valence-corrected chi connectivity index (χ1v) is 7.13. The molecule has 1 amide bonds. The molecule has 1 aromatic rings. The van der Waals surface area contributed by atoms with E-state index in [1.807, 2.05) is 13.8 Å². The molecule has 0 aliphatic carbocycles. The van der Waals surface area contributed by atoms with Gasteiger partial charge in [-0.15, -0.1) is 0 Å². The number of amides is 1. The fourth-order valence-electron chi connectivity index (χ4n) is 1.60. The number of alkyl halides is 3. The number of hydrogen-bond acceptors (Lipinski definition) is 3. The Kier molecular flexibility index (Phi) is 6.21. The second-order valence-electron chi connectivity index (χ2n) is 4.66. The van der Waals surface area contributed by atoms with Crippen LogP contribution in [-0.4, -0.2) is 34.9 Å². The molecule has 5 nitrogen and oxygen atoms in total. The van der Waals surface area contributed by atoms with Crippen LogP contribution in [0.2, 0.25) is 0 Å². The molecule has 0 atom stereocenters. The summed E-state index contributed by atoms with van der Waals surface area (Å²) in [5.41, 5.74) is -1.27. The molecule has 0 aliphatic rings. The maximum Gasteiger partial charge on any atom is 0.436 e. The summed E-state index contributed by atoms with van der Waals surface area (Å²) in [5.74, 6) is -0.614. The van der Waals surface area contributed by atoms with E-state index < -0.39 is 17.8 Å². The Labute approximate surface area is 129 Å². The van der Waals surface area contributed by atoms with Crippen LogP contribution in [0.3, 0.4) is 0 Å². The van der Waals surface area contributed by atoms with Crippen molar-refractivity contribution in [2.45, 2.75) is 32.5 Å². The van der Waals surface area contributed by atoms with Crippen molar-refractivity contribution in [3.05, 3.63) is 15.9 Å². The molecule has 0 aromatic carbocycles. The van der Waals surface area contributed by atoms with Crippen LogP contribution in [0, 0.1) is 0 Å². The van der Waals surface area contributed by atoms with Gasteiger partial charge in [0.25, 0.3) is 5.91 Å². The summed E-state index contributed by atoms with van der Waals surface area (Å²) in [5, 5.41) is 5.87. The predicted molar refractivity (Wildman–Crippen MR) is 73.9 cm³/mol. The summed E-state index contributed by atoms with van der Waals surface area (Å²) in [4.78, 5) is 11.9. The minimum Gasteiger partial charge on any atom is -0.379 e. The minimum atomic E-state index is -4.61. The van der Waals surface area contributed by atoms with Gasteiger partial charge in [-0.1, -0.05) is 0 Å². The van der Waals surface area contributed by atoms with E-state index in [4.69, 9.17) is 4.74 Å². The van der Waals surface area contributed by atoms with Gasteiger partial charge >= 0.3 is 6.18 Å². The molecule has 0 spiro atoms. The average molecular weight is 372 g/mol. The Balaban J connectivity index is 2.65. The summed E-state index contributed by atoms with van der Waals surface area (Å²) < 4.78 is 43.9. The van der Waals surface area contributed by atoms with Gasteiger partial charge in [0.1, 0.15) is 5.69 Å². The average Bonchev–Trinajstić information content (AvgIpc) is 2.63. The zero-order chi connectivity index (χ0) is 16.2. The maximum absolute atomic E-state index is 12.7. The summed E-state index contributed by atoms with van der Waals surface area (Å²) >= 11 is 2.79. The van der Waals surface area contributed by atoms with Crippen molar-refractivity contribution in [3.63, 3.8) is 0 Å². The van der Waals surface area contributed by atoms with Gasteiger partial charge in [0.15, 0.2) is 5.69 Å². The molecule has 1 heterocycles. The molecule has 0 bridgehead atoms. The van der Waals surface area contributed by atoms with Crippen LogP contribution in [0.4, 0.5) is 13.2 Å². The van der Waals surface area contributed by atoms with Crippen LogP contribution in [0.15, 0.2) is 4.47 Å². The van der Waals surface area contributed by atoms with Crippen LogP contribution in [0.5, 0.6) is 0 Å². The van der Waals surface area contributed by atoms with Gasteiger partial charge in [0, 0.05) is 20.2 Å². The first-order chi connectivity index (χ1) is 9.64. The van der Waals surface area contributed by atoms with Crippen molar-refractivity contribution in [2.75, 3.05) is 13.2 Å². The highest BCUT2D eigenvalue weighted by Crippen LogP contribution is 2.35. The number of carbonyl (C=O) groups is 1. The first-order valence-electron chi connectivity index (χ1n) is 6.34. The van der Waals surface area contributed by atoms with Crippen molar-refractivity contribution < 1.29 is 22.7 Å². The van der Waals surface area contributed by atoms with Crippen LogP contribution < -0.4 is 5.32 Å². The second kappa shape index (κ2) is 7.26. The lowest BCUT2D eigenvalue weighted by molar-refractivity contribution is -0.142. The van der Waals surface area contributed by atoms with Crippen LogP contribution in [0.1, 0.15) is 36.5 Å². The molecule has 0 aliphatic heterocycles. The van der Waals surface area contributed by atoms with Crippen molar-refractivity contribution in [1.82, 2.24) is 15.1 Å². The van der Waals surface area contributed by atoms with Crippen molar-refractivity contribution >= 4 is 21.8 Å². The smallest absolute Gasteiger partial charge is 0.379 e. The van der Waals surface area contributed by atoms with Gasteiger partial charge in [-0.25, -0.2) is 0 Å². The molecule has 0 unspecified atom stereocenters. The Morgan fingerprint density at radius 1 is 1.48 bits per heavy atom. The van der Waals surface area contributed by atoms with Crippen molar-refractivity contribution in [2.24, 2.45) is 7.05 Å². The number of ether oxygens (including phenoxy) is 1. The second-order valence-corrected chi connectivity index (χ2v) is 5.45. The Morgan fingerprint density at radius 3 is 2.57 bits per heavy atom. The number of nitrogens with zero attached hydrogens (tertiary/aromatic N) is 2. The molecule has 0 saturated heterocycles. The summed E-state index contributed by atoms with van der Waals surface area (Å²) in [6.45, 7) is 4.57. The third-order valence-corrected chi connectivity index (χ3v) is 3.28. The van der Waals surface area contributed by atoms with E-state index in [-0.39, 0.29) is 16.3 Å². The van der Waals surface area contributed by atoms with E-state index in [0.29, 0.717) is 19.6 Å². The first kappa shape index (κ1) is 18.0. The zero-order valence-electron chi connectivity index (χ0n) is 11.9. The molecular formula is C12H17BrF3N3O2. The molecule has 0 fully saturated rings. The third kappa shape index (κ3) is 4.99. The number of aromatic nitrogens is 2. The minimum absolute atomic E-state index is 0.0984. The van der Waals surface area contributed by atoms with Gasteiger partial charge < -0.3 is 10.1 Å². The molecule has 1 aromatic heterocycles. The van der Waals surface area contributed by atoms with Crippen molar-refractivity contribution in [1.29, 1.82) is 0 Å². The highest BCUT2D eigenvalue weighted by molar-refractivity contribution is 9.10. The molecule has 9 heteroatoms. The lowest BCUT2D eigenvalue weighted by atomic mass is 10.3. The Bertz CT molecular complexity index is 501. The van der Waals surface area contributed by atoms with Gasteiger partial charge in [-0.2, -0.15) is 18.3 Å². The maximum atomic E-state index is 12.7. The lowest BCUT2D eigenvalue weighted by Gasteiger charge is -2.08. The molecule has 1 rings (SSSR count). The van der Waals surface area contributed by atoms with Crippen LogP contribution in [-0.2, 0) is 18.0 Å². The normalized spacial score (nSPS) is 12.0. The molecule has 120 valence electrons. The molecular weight excluding hydrogens is 355 g/mol. The van der Waals surface area contributed by atoms with E-state index in [9.17, 15) is 18.0 Å². The molecule has 0 saturated carbocycles. The van der Waals surface area contributed by atoms with Gasteiger partial charge in [0.2, 0.25) is 0 Å². The number of carbonyl (C=O) groups excluding carboxylic acids is 1. The molecule has 1 N–H and O–H groups in total. The number of hydrogen-bond donors (Lipinski definition) is 1. The fourth-order valence-corrected chi connectivity index (χ4v) is 2.34. The Morgan fingerprint density at radius 2 is 2.10 bits per heavy atom. The number of nitrogens with one attached hydrogen (secondary N) is 1. The fraction of sp³-hybridized carbons (Fsp3) is 0.667. The molecule has 21 heavy (non-hydrogen) atoms. The monoisotopic (exact) mass is 371 g/mol. The number of aryl methyl sites for hydroxylation is 1. The number of halogens is 4. The van der Waals surface area contributed by atoms with Gasteiger partial charge in [-0.05, 0) is 36.2 Å². The van der Waals surface area contributed by atoms with Crippen LogP contribution in [0.25, 0.3) is 0 Å². The lowest BCUT2D eigenvalue weighted by Crippen LogP contribution is -2.27. The predicted octanol–water partition coefficient (Wildman–Crippen LogP) is 2.75. The highest BCUT2D eigenvalue weighted by Gasteiger charge is 2.39. The van der Waals surface area contributed by atoms with E-state index in [1.165, 1.54) is 7.05 Å². The summed E-state index contributed by atoms with van der Waals surface area (Å²) in [7, 11) is 1.29. The SMILES string of the molecule is CC(C)OCCCNC(=O)c1c(Br)c(C(F)(F)F)nn1C. The zero-order valence-corrected chi connectivity index (χ0v) is 13.5. The third-order valence-electron chi connectivity index (χ3n) is 2.53. The van der Waals surface area contributed by atoms with Gasteiger partial charge in [-0.3, -0.25) is 9.48 Å². The van der Waals surface area contributed by atoms with E-state index in [1.54, 1.807) is 0 Å². The Hall–Kier alpha value is -1.09. The van der Waals surface area contributed by atoms with E-state index >= 15 is 0 Å². The molecule has 0 radical (unpaired) electrons. The summed E-state index contributed by atoms with van der Waals surface area (Å²) in [6.07, 6.45) is -3.94. The largest absolute Gasteiger partial charge is 0.436 e. The topological polar surface area (TPSA) is 56.1 Å². The standard InChI is InChI=1S/C12H17BrF3N3O2/c1-7(2)21-6-4-5-17-11(20)9-8(13)10(12(14,15)16)18-19(9)3/h7H,4-6H2,1-3H3,(H,17,20). The van der Waals surface area contributed by atoms with Gasteiger partial charge in [0.05, 0.1) is 10.6 Å².